The smallest absolute Gasteiger partial charge is 0.160 e. The Bertz CT molecular complexity index is 3100. The molecule has 0 fully saturated rings. The second kappa shape index (κ2) is 13.5. The molecule has 56 heavy (non-hydrogen) atoms. The molecule has 11 rings (SSSR count). The van der Waals surface area contributed by atoms with Gasteiger partial charge in [-0.05, 0) is 70.0 Å². The topological polar surface area (TPSA) is 30.7 Å². The summed E-state index contributed by atoms with van der Waals surface area (Å²) in [4.78, 5) is 12.0. The first-order valence-corrected chi connectivity index (χ1v) is 20.0. The number of thiophene rings is 1. The van der Waals surface area contributed by atoms with Crippen LogP contribution in [0.15, 0.2) is 194 Å². The number of allylic oxidation sites excluding steroid dienone is 1. The van der Waals surface area contributed by atoms with Crippen molar-refractivity contribution in [1.29, 1.82) is 0 Å². The summed E-state index contributed by atoms with van der Waals surface area (Å²) in [5, 5.41) is 3.84. The quantitative estimate of drug-likeness (QED) is 0.170. The maximum absolute atomic E-state index is 5.31. The van der Waals surface area contributed by atoms with Crippen molar-refractivity contribution in [1.82, 2.24) is 14.5 Å². The summed E-state index contributed by atoms with van der Waals surface area (Å²) in [5.41, 5.74) is 13.6. The standard InChI is InChI=1S/C52H35N3S/c1-4-15-34(16-5-1)37-21-14-22-38(29-37)47-33-46(36-19-8-3-9-20-36)53-52(54-47)39-27-28-42-41-23-10-12-25-48(41)55(49(42)30-39)40-31-44(35-17-6-2-7-18-35)51-45(32-40)43-24-11-13-26-50(43)56-51/h1-31,33,40H,32H2. The zero-order valence-electron chi connectivity index (χ0n) is 30.5. The molecule has 0 bridgehead atoms. The number of fused-ring (bicyclic) bond motifs is 6. The van der Waals surface area contributed by atoms with Crippen LogP contribution in [0.25, 0.3) is 82.5 Å². The van der Waals surface area contributed by atoms with E-state index >= 15 is 0 Å². The molecule has 0 saturated heterocycles. The van der Waals surface area contributed by atoms with Crippen LogP contribution in [-0.4, -0.2) is 14.5 Å². The minimum Gasteiger partial charge on any atom is -0.333 e. The van der Waals surface area contributed by atoms with Gasteiger partial charge in [0.25, 0.3) is 0 Å². The van der Waals surface area contributed by atoms with E-state index in [1.807, 2.05) is 17.4 Å². The molecule has 0 aliphatic heterocycles. The Kier molecular flexibility index (Phi) is 7.82. The molecule has 3 nitrogen and oxygen atoms in total. The third kappa shape index (κ3) is 5.57. The fourth-order valence-corrected chi connectivity index (χ4v) is 9.81. The van der Waals surface area contributed by atoms with Crippen LogP contribution in [0.3, 0.4) is 0 Å². The Morgan fingerprint density at radius 2 is 1.05 bits per heavy atom. The molecule has 264 valence electrons. The lowest BCUT2D eigenvalue weighted by Gasteiger charge is -2.25. The zero-order valence-corrected chi connectivity index (χ0v) is 31.3. The van der Waals surface area contributed by atoms with Crippen LogP contribution in [0.4, 0.5) is 0 Å². The van der Waals surface area contributed by atoms with Crippen molar-refractivity contribution in [2.24, 2.45) is 0 Å². The maximum atomic E-state index is 5.31. The predicted octanol–water partition coefficient (Wildman–Crippen LogP) is 13.7. The summed E-state index contributed by atoms with van der Waals surface area (Å²) in [6.07, 6.45) is 3.42. The van der Waals surface area contributed by atoms with Crippen LogP contribution in [-0.2, 0) is 6.42 Å². The van der Waals surface area contributed by atoms with E-state index in [1.54, 1.807) is 0 Å². The third-order valence-electron chi connectivity index (χ3n) is 11.2. The van der Waals surface area contributed by atoms with Gasteiger partial charge in [0, 0.05) is 42.6 Å². The van der Waals surface area contributed by atoms with Crippen LogP contribution in [0, 0.1) is 0 Å². The van der Waals surface area contributed by atoms with E-state index in [-0.39, 0.29) is 6.04 Å². The third-order valence-corrected chi connectivity index (χ3v) is 12.4. The average Bonchev–Trinajstić information content (AvgIpc) is 3.82. The maximum Gasteiger partial charge on any atom is 0.160 e. The van der Waals surface area contributed by atoms with Gasteiger partial charge < -0.3 is 4.57 Å². The molecule has 0 amide bonds. The van der Waals surface area contributed by atoms with E-state index in [1.165, 1.54) is 59.0 Å². The van der Waals surface area contributed by atoms with Gasteiger partial charge in [0.15, 0.2) is 5.82 Å². The Labute approximate surface area is 329 Å². The summed E-state index contributed by atoms with van der Waals surface area (Å²) in [7, 11) is 0. The molecular formula is C52H35N3S. The Hall–Kier alpha value is -6.88. The highest BCUT2D eigenvalue weighted by Crippen LogP contribution is 2.46. The van der Waals surface area contributed by atoms with Crippen LogP contribution < -0.4 is 0 Å². The van der Waals surface area contributed by atoms with Gasteiger partial charge in [-0.3, -0.25) is 0 Å². The number of nitrogens with zero attached hydrogens (tertiary/aromatic N) is 3. The highest BCUT2D eigenvalue weighted by atomic mass is 32.1. The Balaban J connectivity index is 1.11. The summed E-state index contributed by atoms with van der Waals surface area (Å²) in [6.45, 7) is 0. The molecule has 7 aromatic carbocycles. The summed E-state index contributed by atoms with van der Waals surface area (Å²) in [5.74, 6) is 0.709. The molecule has 3 heterocycles. The van der Waals surface area contributed by atoms with E-state index in [2.05, 4.69) is 193 Å². The molecule has 3 aromatic heterocycles. The van der Waals surface area contributed by atoms with Gasteiger partial charge in [-0.1, -0.05) is 164 Å². The van der Waals surface area contributed by atoms with Gasteiger partial charge in [-0.2, -0.15) is 0 Å². The van der Waals surface area contributed by atoms with E-state index < -0.39 is 0 Å². The highest BCUT2D eigenvalue weighted by Gasteiger charge is 2.28. The van der Waals surface area contributed by atoms with E-state index in [0.29, 0.717) is 5.82 Å². The summed E-state index contributed by atoms with van der Waals surface area (Å²) >= 11 is 1.91. The fourth-order valence-electron chi connectivity index (χ4n) is 8.53. The van der Waals surface area contributed by atoms with Crippen molar-refractivity contribution in [3.63, 3.8) is 0 Å². The average molecular weight is 734 g/mol. The Morgan fingerprint density at radius 3 is 1.84 bits per heavy atom. The van der Waals surface area contributed by atoms with Gasteiger partial charge >= 0.3 is 0 Å². The number of hydrogen-bond acceptors (Lipinski definition) is 3. The van der Waals surface area contributed by atoms with E-state index in [9.17, 15) is 0 Å². The minimum atomic E-state index is 0.0984. The van der Waals surface area contributed by atoms with Gasteiger partial charge in [-0.15, -0.1) is 11.3 Å². The van der Waals surface area contributed by atoms with Crippen LogP contribution in [0.1, 0.15) is 22.0 Å². The molecule has 10 aromatic rings. The van der Waals surface area contributed by atoms with E-state index in [0.717, 1.165) is 40.1 Å². The first-order chi connectivity index (χ1) is 27.7. The van der Waals surface area contributed by atoms with Gasteiger partial charge in [-0.25, -0.2) is 9.97 Å². The molecule has 0 N–H and O–H groups in total. The SMILES string of the molecule is C1=C(c2ccccc2)c2sc3ccccc3c2CC1n1c2ccccc2c2ccc(-c3nc(-c4ccccc4)cc(-c4cccc(-c5ccccc5)c4)n3)cc21. The monoisotopic (exact) mass is 733 g/mol. The second-order valence-corrected chi connectivity index (χ2v) is 15.6. The lowest BCUT2D eigenvalue weighted by molar-refractivity contribution is 0.637. The fraction of sp³-hybridized carbons (Fsp3) is 0.0385. The highest BCUT2D eigenvalue weighted by molar-refractivity contribution is 7.20. The van der Waals surface area contributed by atoms with Crippen LogP contribution in [0.5, 0.6) is 0 Å². The number of aromatic nitrogens is 3. The van der Waals surface area contributed by atoms with Crippen molar-refractivity contribution < 1.29 is 0 Å². The lowest BCUT2D eigenvalue weighted by Crippen LogP contribution is -2.14. The molecule has 1 unspecified atom stereocenters. The largest absolute Gasteiger partial charge is 0.333 e. The molecule has 0 spiro atoms. The Morgan fingerprint density at radius 1 is 0.446 bits per heavy atom. The summed E-state index contributed by atoms with van der Waals surface area (Å²) in [6, 6.07) is 67.3. The first kappa shape index (κ1) is 32.5. The predicted molar refractivity (Wildman–Crippen MR) is 235 cm³/mol. The second-order valence-electron chi connectivity index (χ2n) is 14.5. The molecular weight excluding hydrogens is 699 g/mol. The molecule has 4 heteroatoms. The first-order valence-electron chi connectivity index (χ1n) is 19.2. The van der Waals surface area contributed by atoms with E-state index in [4.69, 9.17) is 9.97 Å². The minimum absolute atomic E-state index is 0.0984. The lowest BCUT2D eigenvalue weighted by atomic mass is 9.89. The van der Waals surface area contributed by atoms with Crippen molar-refractivity contribution in [3.8, 4) is 45.0 Å². The van der Waals surface area contributed by atoms with Crippen molar-refractivity contribution in [3.05, 3.63) is 210 Å². The summed E-state index contributed by atoms with van der Waals surface area (Å²) < 4.78 is 3.91. The van der Waals surface area contributed by atoms with Gasteiger partial charge in [0.05, 0.1) is 22.9 Å². The number of hydrogen-bond donors (Lipinski definition) is 0. The van der Waals surface area contributed by atoms with Crippen molar-refractivity contribution >= 4 is 48.8 Å². The van der Waals surface area contributed by atoms with Gasteiger partial charge in [0.1, 0.15) is 0 Å². The zero-order chi connectivity index (χ0) is 37.0. The van der Waals surface area contributed by atoms with Gasteiger partial charge in [0.2, 0.25) is 0 Å². The van der Waals surface area contributed by atoms with Crippen LogP contribution >= 0.6 is 11.3 Å². The number of rotatable bonds is 6. The molecule has 0 radical (unpaired) electrons. The molecule has 1 atom stereocenters. The van der Waals surface area contributed by atoms with Crippen molar-refractivity contribution in [2.75, 3.05) is 0 Å². The molecule has 0 saturated carbocycles. The van der Waals surface area contributed by atoms with Crippen molar-refractivity contribution in [2.45, 2.75) is 12.5 Å². The normalized spacial score (nSPS) is 13.9. The number of benzene rings is 7. The number of para-hydroxylation sites is 1. The molecule has 1 aliphatic rings. The van der Waals surface area contributed by atoms with Crippen LogP contribution in [0.2, 0.25) is 0 Å². The molecule has 1 aliphatic carbocycles.